The predicted molar refractivity (Wildman–Crippen MR) is 140 cm³/mol. The SMILES string of the molecule is CCC(CC(CC)n1c(C)nc2c1CCN(C)C2)N(CC)CCC(NC(C)=O)c1cccc(F)c1. The standard InChI is InChI=1S/C28H44FN5O/c1-7-24(18-25(8-2)34-20(4)30-27-19-32(6)15-14-28(27)34)33(9-3)16-13-26(31-21(5)35)22-11-10-12-23(29)17-22/h10-12,17,24-26H,7-9,13-16,18-19H2,1-6H3,(H,31,35). The van der Waals surface area contributed by atoms with Crippen molar-refractivity contribution in [3.05, 3.63) is 52.9 Å². The quantitative estimate of drug-likeness (QED) is 0.458. The number of benzene rings is 1. The zero-order valence-electron chi connectivity index (χ0n) is 22.5. The van der Waals surface area contributed by atoms with E-state index in [1.54, 1.807) is 6.07 Å². The molecule has 3 rings (SSSR count). The summed E-state index contributed by atoms with van der Waals surface area (Å²) in [5.41, 5.74) is 3.48. The molecule has 2 heterocycles. The fourth-order valence-electron chi connectivity index (χ4n) is 5.68. The average Bonchev–Trinajstić information content (AvgIpc) is 3.14. The summed E-state index contributed by atoms with van der Waals surface area (Å²) in [6.45, 7) is 14.2. The minimum Gasteiger partial charge on any atom is -0.349 e. The molecule has 1 aromatic heterocycles. The number of likely N-dealkylation sites (N-methyl/N-ethyl adjacent to an activating group) is 1. The van der Waals surface area contributed by atoms with Crippen molar-refractivity contribution < 1.29 is 9.18 Å². The average molecular weight is 486 g/mol. The van der Waals surface area contributed by atoms with Crippen LogP contribution in [0.25, 0.3) is 0 Å². The van der Waals surface area contributed by atoms with Gasteiger partial charge in [0, 0.05) is 50.8 Å². The molecule has 0 saturated heterocycles. The first-order valence-corrected chi connectivity index (χ1v) is 13.3. The minimum absolute atomic E-state index is 0.0913. The summed E-state index contributed by atoms with van der Waals surface area (Å²) in [6.07, 6.45) is 5.02. The van der Waals surface area contributed by atoms with Crippen LogP contribution in [0.3, 0.4) is 0 Å². The van der Waals surface area contributed by atoms with Gasteiger partial charge in [-0.05, 0) is 63.9 Å². The van der Waals surface area contributed by atoms with E-state index in [2.05, 4.69) is 54.4 Å². The Morgan fingerprint density at radius 3 is 2.66 bits per heavy atom. The Morgan fingerprint density at radius 1 is 1.26 bits per heavy atom. The van der Waals surface area contributed by atoms with Crippen LogP contribution < -0.4 is 5.32 Å². The van der Waals surface area contributed by atoms with E-state index in [0.29, 0.717) is 12.1 Å². The molecule has 1 N–H and O–H groups in total. The monoisotopic (exact) mass is 485 g/mol. The van der Waals surface area contributed by atoms with Gasteiger partial charge >= 0.3 is 0 Å². The summed E-state index contributed by atoms with van der Waals surface area (Å²) in [5.74, 6) is 0.769. The van der Waals surface area contributed by atoms with E-state index in [1.165, 1.54) is 30.4 Å². The second-order valence-corrected chi connectivity index (χ2v) is 10.00. The van der Waals surface area contributed by atoms with Crippen LogP contribution in [0.1, 0.15) is 88.2 Å². The van der Waals surface area contributed by atoms with Gasteiger partial charge in [-0.1, -0.05) is 32.9 Å². The first-order valence-electron chi connectivity index (χ1n) is 13.3. The molecule has 0 fully saturated rings. The number of hydrogen-bond donors (Lipinski definition) is 1. The van der Waals surface area contributed by atoms with Crippen LogP contribution in [0, 0.1) is 12.7 Å². The lowest BCUT2D eigenvalue weighted by Crippen LogP contribution is -2.39. The van der Waals surface area contributed by atoms with Crippen LogP contribution in [-0.2, 0) is 17.8 Å². The summed E-state index contributed by atoms with van der Waals surface area (Å²) < 4.78 is 16.4. The lowest BCUT2D eigenvalue weighted by Gasteiger charge is -2.35. The van der Waals surface area contributed by atoms with Gasteiger partial charge in [0.2, 0.25) is 5.91 Å². The van der Waals surface area contributed by atoms with Gasteiger partial charge in [-0.25, -0.2) is 9.37 Å². The summed E-state index contributed by atoms with van der Waals surface area (Å²) >= 11 is 0. The number of halogens is 1. The number of fused-ring (bicyclic) bond motifs is 1. The number of rotatable bonds is 12. The maximum atomic E-state index is 13.9. The van der Waals surface area contributed by atoms with Crippen molar-refractivity contribution >= 4 is 5.91 Å². The zero-order valence-corrected chi connectivity index (χ0v) is 22.5. The predicted octanol–water partition coefficient (Wildman–Crippen LogP) is 5.03. The summed E-state index contributed by atoms with van der Waals surface area (Å²) in [7, 11) is 2.17. The molecule has 0 aliphatic carbocycles. The van der Waals surface area contributed by atoms with Gasteiger partial charge in [-0.2, -0.15) is 0 Å². The molecular formula is C28H44FN5O. The molecule has 0 spiro atoms. The van der Waals surface area contributed by atoms with E-state index in [9.17, 15) is 9.18 Å². The number of aromatic nitrogens is 2. The smallest absolute Gasteiger partial charge is 0.217 e. The zero-order chi connectivity index (χ0) is 25.5. The fourth-order valence-corrected chi connectivity index (χ4v) is 5.68. The Kier molecular flexibility index (Phi) is 9.87. The van der Waals surface area contributed by atoms with Gasteiger partial charge in [0.1, 0.15) is 11.6 Å². The third-order valence-electron chi connectivity index (χ3n) is 7.53. The minimum atomic E-state index is -0.271. The number of nitrogens with zero attached hydrogens (tertiary/aromatic N) is 4. The summed E-state index contributed by atoms with van der Waals surface area (Å²) in [5, 5.41) is 3.03. The normalized spacial score (nSPS) is 16.7. The molecule has 2 aromatic rings. The maximum absolute atomic E-state index is 13.9. The summed E-state index contributed by atoms with van der Waals surface area (Å²) in [4.78, 5) is 21.7. The fraction of sp³-hybridized carbons (Fsp3) is 0.643. The molecule has 1 aromatic carbocycles. The summed E-state index contributed by atoms with van der Waals surface area (Å²) in [6, 6.07) is 7.23. The van der Waals surface area contributed by atoms with Crippen molar-refractivity contribution in [2.24, 2.45) is 0 Å². The number of imidazole rings is 1. The number of carbonyl (C=O) groups excluding carboxylic acids is 1. The van der Waals surface area contributed by atoms with Crippen LogP contribution in [0.5, 0.6) is 0 Å². The van der Waals surface area contributed by atoms with E-state index in [0.717, 1.165) is 69.7 Å². The molecule has 1 amide bonds. The third-order valence-corrected chi connectivity index (χ3v) is 7.53. The second-order valence-electron chi connectivity index (χ2n) is 10.00. The molecule has 35 heavy (non-hydrogen) atoms. The van der Waals surface area contributed by atoms with E-state index >= 15 is 0 Å². The van der Waals surface area contributed by atoms with Crippen molar-refractivity contribution in [3.8, 4) is 0 Å². The first-order chi connectivity index (χ1) is 16.8. The van der Waals surface area contributed by atoms with Crippen LogP contribution in [0.15, 0.2) is 24.3 Å². The van der Waals surface area contributed by atoms with Gasteiger partial charge in [0.25, 0.3) is 0 Å². The van der Waals surface area contributed by atoms with Crippen LogP contribution in [-0.4, -0.2) is 58.0 Å². The Balaban J connectivity index is 1.74. The van der Waals surface area contributed by atoms with Gasteiger partial charge in [-0.15, -0.1) is 0 Å². The van der Waals surface area contributed by atoms with Crippen molar-refractivity contribution in [3.63, 3.8) is 0 Å². The molecule has 3 unspecified atom stereocenters. The highest BCUT2D eigenvalue weighted by Crippen LogP contribution is 2.30. The largest absolute Gasteiger partial charge is 0.349 e. The highest BCUT2D eigenvalue weighted by atomic mass is 19.1. The molecular weight excluding hydrogens is 441 g/mol. The Morgan fingerprint density at radius 2 is 2.03 bits per heavy atom. The number of hydrogen-bond acceptors (Lipinski definition) is 4. The Bertz CT molecular complexity index is 974. The number of aryl methyl sites for hydroxylation is 1. The van der Waals surface area contributed by atoms with Gasteiger partial charge in [-0.3, -0.25) is 4.79 Å². The molecule has 6 nitrogen and oxygen atoms in total. The molecule has 0 radical (unpaired) electrons. The molecule has 194 valence electrons. The highest BCUT2D eigenvalue weighted by Gasteiger charge is 2.27. The molecule has 0 bridgehead atoms. The van der Waals surface area contributed by atoms with Crippen LogP contribution in [0.4, 0.5) is 4.39 Å². The second kappa shape index (κ2) is 12.6. The van der Waals surface area contributed by atoms with Gasteiger partial charge in [0.05, 0.1) is 11.7 Å². The van der Waals surface area contributed by atoms with Crippen LogP contribution >= 0.6 is 0 Å². The highest BCUT2D eigenvalue weighted by molar-refractivity contribution is 5.73. The van der Waals surface area contributed by atoms with E-state index in [4.69, 9.17) is 4.98 Å². The van der Waals surface area contributed by atoms with Crippen LogP contribution in [0.2, 0.25) is 0 Å². The molecule has 7 heteroatoms. The van der Waals surface area contributed by atoms with E-state index < -0.39 is 0 Å². The lowest BCUT2D eigenvalue weighted by atomic mass is 9.98. The maximum Gasteiger partial charge on any atom is 0.217 e. The molecule has 3 atom stereocenters. The third kappa shape index (κ3) is 6.91. The Hall–Kier alpha value is -2.25. The topological polar surface area (TPSA) is 53.4 Å². The first kappa shape index (κ1) is 27.3. The molecule has 1 aliphatic heterocycles. The number of amides is 1. The van der Waals surface area contributed by atoms with E-state index in [1.807, 2.05) is 6.07 Å². The number of nitrogens with one attached hydrogen (secondary N) is 1. The van der Waals surface area contributed by atoms with Crippen molar-refractivity contribution in [2.75, 3.05) is 26.7 Å². The van der Waals surface area contributed by atoms with Crippen molar-refractivity contribution in [1.82, 2.24) is 24.7 Å². The lowest BCUT2D eigenvalue weighted by molar-refractivity contribution is -0.119. The van der Waals surface area contributed by atoms with E-state index in [-0.39, 0.29) is 17.8 Å². The van der Waals surface area contributed by atoms with Gasteiger partial charge in [0.15, 0.2) is 0 Å². The Labute approximate surface area is 210 Å². The van der Waals surface area contributed by atoms with Crippen molar-refractivity contribution in [1.29, 1.82) is 0 Å². The molecule has 0 saturated carbocycles. The molecule has 1 aliphatic rings. The number of carbonyl (C=O) groups is 1. The van der Waals surface area contributed by atoms with Gasteiger partial charge < -0.3 is 19.7 Å². The van der Waals surface area contributed by atoms with Crippen molar-refractivity contribution in [2.45, 2.75) is 91.4 Å².